The fourth-order valence-electron chi connectivity index (χ4n) is 2.48. The number of nitrogens with zero attached hydrogens (tertiary/aromatic N) is 2. The number of hydrogen-bond acceptors (Lipinski definition) is 3. The lowest BCUT2D eigenvalue weighted by molar-refractivity contribution is 0.579. The Balaban J connectivity index is 2.12. The van der Waals surface area contributed by atoms with Gasteiger partial charge in [-0.15, -0.1) is 0 Å². The van der Waals surface area contributed by atoms with Crippen molar-refractivity contribution in [1.82, 2.24) is 9.78 Å². The third kappa shape index (κ3) is 5.43. The van der Waals surface area contributed by atoms with Crippen LogP contribution in [0.3, 0.4) is 0 Å². The van der Waals surface area contributed by atoms with Gasteiger partial charge in [-0.2, -0.15) is 5.10 Å². The first-order valence-electron chi connectivity index (χ1n) is 8.27. The Kier molecular flexibility index (Phi) is 8.16. The maximum atomic E-state index is 6.04. The zero-order chi connectivity index (χ0) is 14.8. The highest BCUT2D eigenvalue weighted by Gasteiger charge is 2.10. The summed E-state index contributed by atoms with van der Waals surface area (Å²) in [6.45, 7) is 8.17. The molecule has 1 rings (SSSR count). The van der Waals surface area contributed by atoms with Crippen LogP contribution in [0.25, 0.3) is 0 Å². The average molecular weight is 280 g/mol. The van der Waals surface area contributed by atoms with Gasteiger partial charge in [0.2, 0.25) is 0 Å². The van der Waals surface area contributed by atoms with Gasteiger partial charge in [0.1, 0.15) is 5.82 Å². The minimum Gasteiger partial charge on any atom is -0.394 e. The Morgan fingerprint density at radius 2 is 1.60 bits per heavy atom. The third-order valence-corrected chi connectivity index (χ3v) is 3.80. The van der Waals surface area contributed by atoms with Crippen molar-refractivity contribution in [2.75, 3.05) is 17.6 Å². The van der Waals surface area contributed by atoms with Crippen molar-refractivity contribution in [3.05, 3.63) is 5.69 Å². The second kappa shape index (κ2) is 9.67. The van der Waals surface area contributed by atoms with Crippen molar-refractivity contribution in [3.8, 4) is 0 Å². The van der Waals surface area contributed by atoms with E-state index < -0.39 is 0 Å². The molecule has 0 fully saturated rings. The van der Waals surface area contributed by atoms with Crippen molar-refractivity contribution in [2.24, 2.45) is 0 Å². The second-order valence-corrected chi connectivity index (χ2v) is 5.57. The molecule has 0 saturated heterocycles. The first-order valence-corrected chi connectivity index (χ1v) is 8.27. The molecule has 1 heterocycles. The molecule has 1 aromatic rings. The van der Waals surface area contributed by atoms with Crippen molar-refractivity contribution in [1.29, 1.82) is 0 Å². The van der Waals surface area contributed by atoms with Crippen LogP contribution < -0.4 is 11.1 Å². The van der Waals surface area contributed by atoms with Gasteiger partial charge < -0.3 is 11.1 Å². The molecule has 0 radical (unpaired) electrons. The van der Waals surface area contributed by atoms with Crippen LogP contribution in [-0.4, -0.2) is 16.3 Å². The van der Waals surface area contributed by atoms with E-state index in [2.05, 4.69) is 24.3 Å². The molecule has 0 aromatic carbocycles. The van der Waals surface area contributed by atoms with E-state index in [1.807, 2.05) is 11.6 Å². The third-order valence-electron chi connectivity index (χ3n) is 3.80. The normalized spacial score (nSPS) is 10.9. The smallest absolute Gasteiger partial charge is 0.148 e. The number of rotatable bonds is 11. The van der Waals surface area contributed by atoms with Crippen LogP contribution in [0.15, 0.2) is 0 Å². The molecule has 0 aliphatic heterocycles. The molecule has 4 nitrogen and oxygen atoms in total. The molecule has 3 N–H and O–H groups in total. The van der Waals surface area contributed by atoms with E-state index in [1.54, 1.807) is 0 Å². The molecule has 0 unspecified atom stereocenters. The summed E-state index contributed by atoms with van der Waals surface area (Å²) in [6, 6.07) is 0. The van der Waals surface area contributed by atoms with Gasteiger partial charge in [-0.05, 0) is 20.3 Å². The van der Waals surface area contributed by atoms with Crippen LogP contribution in [-0.2, 0) is 6.54 Å². The molecule has 0 atom stereocenters. The molecule has 0 aliphatic rings. The van der Waals surface area contributed by atoms with E-state index in [9.17, 15) is 0 Å². The van der Waals surface area contributed by atoms with Crippen molar-refractivity contribution >= 4 is 11.5 Å². The van der Waals surface area contributed by atoms with E-state index in [-0.39, 0.29) is 0 Å². The molecule has 1 aromatic heterocycles. The van der Waals surface area contributed by atoms with Gasteiger partial charge in [0, 0.05) is 13.1 Å². The Hall–Kier alpha value is -1.19. The van der Waals surface area contributed by atoms with Gasteiger partial charge in [0.25, 0.3) is 0 Å². The first-order chi connectivity index (χ1) is 9.70. The van der Waals surface area contributed by atoms with Gasteiger partial charge in [-0.3, -0.25) is 0 Å². The van der Waals surface area contributed by atoms with E-state index in [1.165, 1.54) is 51.4 Å². The summed E-state index contributed by atoms with van der Waals surface area (Å²) in [5, 5.41) is 7.85. The molecule has 20 heavy (non-hydrogen) atoms. The Bertz CT molecular complexity index is 371. The van der Waals surface area contributed by atoms with E-state index >= 15 is 0 Å². The highest BCUT2D eigenvalue weighted by Crippen LogP contribution is 2.22. The predicted octanol–water partition coefficient (Wildman–Crippen LogP) is 4.35. The number of aromatic nitrogens is 2. The summed E-state index contributed by atoms with van der Waals surface area (Å²) in [7, 11) is 0. The number of unbranched alkanes of at least 4 members (excludes halogenated alkanes) is 7. The molecular weight excluding hydrogens is 248 g/mol. The van der Waals surface area contributed by atoms with Crippen LogP contribution in [0.5, 0.6) is 0 Å². The zero-order valence-electron chi connectivity index (χ0n) is 13.5. The Morgan fingerprint density at radius 3 is 2.20 bits per heavy atom. The summed E-state index contributed by atoms with van der Waals surface area (Å²) < 4.78 is 1.95. The van der Waals surface area contributed by atoms with Crippen LogP contribution in [0.1, 0.15) is 70.9 Å². The van der Waals surface area contributed by atoms with E-state index in [4.69, 9.17) is 5.73 Å². The molecular formula is C16H32N4. The summed E-state index contributed by atoms with van der Waals surface area (Å²) in [5.41, 5.74) is 7.76. The van der Waals surface area contributed by atoms with Crippen LogP contribution in [0.2, 0.25) is 0 Å². The van der Waals surface area contributed by atoms with Gasteiger partial charge >= 0.3 is 0 Å². The highest BCUT2D eigenvalue weighted by atomic mass is 15.3. The number of anilines is 2. The van der Waals surface area contributed by atoms with Crippen LogP contribution >= 0.6 is 0 Å². The minimum absolute atomic E-state index is 0.798. The Morgan fingerprint density at radius 1 is 1.00 bits per heavy atom. The zero-order valence-corrected chi connectivity index (χ0v) is 13.5. The summed E-state index contributed by atoms with van der Waals surface area (Å²) in [4.78, 5) is 0. The number of aryl methyl sites for hydroxylation is 2. The number of hydrogen-bond donors (Lipinski definition) is 2. The standard InChI is InChI=1S/C16H32N4/c1-4-6-7-8-9-10-11-12-13-18-16-15(17)14(3)19-20(16)5-2/h18H,4-13,17H2,1-3H3. The maximum absolute atomic E-state index is 6.04. The van der Waals surface area contributed by atoms with E-state index in [0.717, 1.165) is 30.3 Å². The molecule has 0 amide bonds. The van der Waals surface area contributed by atoms with E-state index in [0.29, 0.717) is 0 Å². The van der Waals surface area contributed by atoms with Crippen molar-refractivity contribution in [2.45, 2.75) is 78.7 Å². The first kappa shape index (κ1) is 16.9. The lowest BCUT2D eigenvalue weighted by atomic mass is 10.1. The largest absolute Gasteiger partial charge is 0.394 e. The lowest BCUT2D eigenvalue weighted by Crippen LogP contribution is -2.09. The van der Waals surface area contributed by atoms with Crippen molar-refractivity contribution < 1.29 is 0 Å². The molecule has 0 aliphatic carbocycles. The molecule has 4 heteroatoms. The van der Waals surface area contributed by atoms with Crippen LogP contribution in [0.4, 0.5) is 11.5 Å². The summed E-state index contributed by atoms with van der Waals surface area (Å²) in [6.07, 6.45) is 10.8. The summed E-state index contributed by atoms with van der Waals surface area (Å²) in [5.74, 6) is 0.993. The second-order valence-electron chi connectivity index (χ2n) is 5.57. The van der Waals surface area contributed by atoms with Gasteiger partial charge in [0.05, 0.1) is 11.4 Å². The molecule has 0 bridgehead atoms. The maximum Gasteiger partial charge on any atom is 0.148 e. The highest BCUT2D eigenvalue weighted by molar-refractivity contribution is 5.64. The van der Waals surface area contributed by atoms with Gasteiger partial charge in [-0.1, -0.05) is 51.9 Å². The Labute approximate surface area is 124 Å². The molecule has 0 spiro atoms. The topological polar surface area (TPSA) is 55.9 Å². The van der Waals surface area contributed by atoms with Gasteiger partial charge in [0.15, 0.2) is 0 Å². The monoisotopic (exact) mass is 280 g/mol. The molecule has 0 saturated carbocycles. The molecule has 116 valence electrons. The minimum atomic E-state index is 0.798. The van der Waals surface area contributed by atoms with Crippen LogP contribution in [0, 0.1) is 6.92 Å². The van der Waals surface area contributed by atoms with Gasteiger partial charge in [-0.25, -0.2) is 4.68 Å². The quantitative estimate of drug-likeness (QED) is 0.593. The fraction of sp³-hybridized carbons (Fsp3) is 0.812. The predicted molar refractivity (Wildman–Crippen MR) is 88.2 cm³/mol. The SMILES string of the molecule is CCCCCCCCCCNc1c(N)c(C)nn1CC. The number of nitrogen functional groups attached to an aromatic ring is 1. The fourth-order valence-corrected chi connectivity index (χ4v) is 2.48. The summed E-state index contributed by atoms with van der Waals surface area (Å²) >= 11 is 0. The average Bonchev–Trinajstić information content (AvgIpc) is 2.73. The lowest BCUT2D eigenvalue weighted by Gasteiger charge is -2.09. The van der Waals surface area contributed by atoms with Crippen molar-refractivity contribution in [3.63, 3.8) is 0 Å². The number of nitrogens with two attached hydrogens (primary N) is 1. The number of nitrogens with one attached hydrogen (secondary N) is 1.